The maximum absolute atomic E-state index is 12.4. The lowest BCUT2D eigenvalue weighted by Crippen LogP contribution is -2.71. The second-order valence-corrected chi connectivity index (χ2v) is 6.52. The van der Waals surface area contributed by atoms with Crippen LogP contribution in [0.3, 0.4) is 0 Å². The number of nitrogens with zero attached hydrogens (tertiary/aromatic N) is 1. The Kier molecular flexibility index (Phi) is 2.97. The van der Waals surface area contributed by atoms with Crippen molar-refractivity contribution < 1.29 is 19.4 Å². The van der Waals surface area contributed by atoms with E-state index in [-0.39, 0.29) is 28.6 Å². The summed E-state index contributed by atoms with van der Waals surface area (Å²) >= 11 is 0. The topological polar surface area (TPSA) is 88.5 Å². The Hall–Kier alpha value is -1.95. The molecule has 2 saturated carbocycles. The number of carbonyl (C=O) groups is 2. The van der Waals surface area contributed by atoms with Crippen LogP contribution in [-0.4, -0.2) is 40.7 Å². The summed E-state index contributed by atoms with van der Waals surface area (Å²) in [5, 5.41) is 12.1. The van der Waals surface area contributed by atoms with Gasteiger partial charge in [-0.05, 0) is 31.4 Å². The monoisotopic (exact) mass is 302 g/mol. The molecule has 2 N–H and O–H groups in total. The van der Waals surface area contributed by atoms with E-state index in [0.29, 0.717) is 12.0 Å². The van der Waals surface area contributed by atoms with E-state index in [0.717, 1.165) is 25.9 Å². The highest BCUT2D eigenvalue weighted by Gasteiger charge is 2.66. The van der Waals surface area contributed by atoms with Crippen molar-refractivity contribution in [3.63, 3.8) is 0 Å². The second-order valence-electron chi connectivity index (χ2n) is 6.52. The second kappa shape index (κ2) is 4.78. The molecule has 0 radical (unpaired) electrons. The number of pyridine rings is 1. The number of ether oxygens (including phenoxy) is 1. The van der Waals surface area contributed by atoms with Gasteiger partial charge < -0.3 is 15.2 Å². The molecular weight excluding hydrogens is 284 g/mol. The minimum atomic E-state index is -1.06. The molecule has 2 aliphatic carbocycles. The molecule has 6 heteroatoms. The van der Waals surface area contributed by atoms with Crippen molar-refractivity contribution in [3.05, 3.63) is 29.6 Å². The Morgan fingerprint density at radius 1 is 1.41 bits per heavy atom. The van der Waals surface area contributed by atoms with Crippen molar-refractivity contribution in [1.29, 1.82) is 0 Å². The van der Waals surface area contributed by atoms with Crippen LogP contribution in [-0.2, 0) is 4.74 Å². The van der Waals surface area contributed by atoms with Crippen molar-refractivity contribution in [1.82, 2.24) is 10.3 Å². The largest absolute Gasteiger partial charge is 0.478 e. The quantitative estimate of drug-likeness (QED) is 0.882. The van der Waals surface area contributed by atoms with Gasteiger partial charge >= 0.3 is 5.97 Å². The van der Waals surface area contributed by atoms with E-state index in [1.165, 1.54) is 24.8 Å². The molecule has 3 unspecified atom stereocenters. The molecule has 1 aromatic heterocycles. The first kappa shape index (κ1) is 13.7. The standard InChI is InChI=1S/C16H18N2O4/c19-14(11-8-9(15(20)21)2-6-17-11)18-12-10-3-7-22-13(10)16(12)4-1-5-16/h2,6,8,10,12-13H,1,3-5,7H2,(H,18,19)(H,20,21). The van der Waals surface area contributed by atoms with Gasteiger partial charge in [0.2, 0.25) is 0 Å². The Bertz CT molecular complexity index is 641. The molecule has 1 saturated heterocycles. The van der Waals surface area contributed by atoms with Crippen LogP contribution in [0, 0.1) is 11.3 Å². The molecule has 0 aromatic carbocycles. The van der Waals surface area contributed by atoms with Crippen LogP contribution in [0.1, 0.15) is 46.5 Å². The normalized spacial score (nSPS) is 31.0. The zero-order valence-electron chi connectivity index (χ0n) is 12.1. The van der Waals surface area contributed by atoms with Crippen LogP contribution in [0.4, 0.5) is 0 Å². The van der Waals surface area contributed by atoms with Crippen molar-refractivity contribution in [2.75, 3.05) is 6.61 Å². The van der Waals surface area contributed by atoms with Gasteiger partial charge in [-0.3, -0.25) is 9.78 Å². The average molecular weight is 302 g/mol. The van der Waals surface area contributed by atoms with Crippen LogP contribution in [0.2, 0.25) is 0 Å². The fourth-order valence-electron chi connectivity index (χ4n) is 4.36. The van der Waals surface area contributed by atoms with E-state index in [1.807, 2.05) is 0 Å². The highest BCUT2D eigenvalue weighted by Crippen LogP contribution is 2.62. The molecule has 116 valence electrons. The van der Waals surface area contributed by atoms with Gasteiger partial charge in [-0.15, -0.1) is 0 Å². The summed E-state index contributed by atoms with van der Waals surface area (Å²) in [5.41, 5.74) is 0.354. The lowest BCUT2D eigenvalue weighted by molar-refractivity contribution is -0.172. The highest BCUT2D eigenvalue weighted by molar-refractivity contribution is 5.96. The minimum Gasteiger partial charge on any atom is -0.478 e. The zero-order valence-corrected chi connectivity index (χ0v) is 12.1. The summed E-state index contributed by atoms with van der Waals surface area (Å²) in [6.07, 6.45) is 6.03. The number of carbonyl (C=O) groups excluding carboxylic acids is 1. The van der Waals surface area contributed by atoms with E-state index in [1.54, 1.807) is 0 Å². The van der Waals surface area contributed by atoms with E-state index in [9.17, 15) is 9.59 Å². The number of carboxylic acids is 1. The molecule has 1 spiro atoms. The van der Waals surface area contributed by atoms with Gasteiger partial charge in [-0.25, -0.2) is 4.79 Å². The first-order valence-electron chi connectivity index (χ1n) is 7.74. The lowest BCUT2D eigenvalue weighted by Gasteiger charge is -2.63. The smallest absolute Gasteiger partial charge is 0.335 e. The molecule has 3 fully saturated rings. The van der Waals surface area contributed by atoms with Gasteiger partial charge in [0.15, 0.2) is 0 Å². The van der Waals surface area contributed by atoms with Gasteiger partial charge in [-0.2, -0.15) is 0 Å². The SMILES string of the molecule is O=C(O)c1ccnc(C(=O)NC2C3CCOC3C23CCC3)c1. The third-order valence-corrected chi connectivity index (χ3v) is 5.56. The zero-order chi connectivity index (χ0) is 15.3. The number of aromatic nitrogens is 1. The Balaban J connectivity index is 1.52. The summed E-state index contributed by atoms with van der Waals surface area (Å²) in [6, 6.07) is 2.85. The number of nitrogens with one attached hydrogen (secondary N) is 1. The molecule has 1 aliphatic heterocycles. The molecule has 1 amide bonds. The first-order chi connectivity index (χ1) is 10.6. The molecule has 6 nitrogen and oxygen atoms in total. The molecule has 3 aliphatic rings. The summed E-state index contributed by atoms with van der Waals surface area (Å²) in [4.78, 5) is 27.4. The predicted molar refractivity (Wildman–Crippen MR) is 76.6 cm³/mol. The van der Waals surface area contributed by atoms with Crippen LogP contribution in [0.15, 0.2) is 18.3 Å². The number of aromatic carboxylic acids is 1. The van der Waals surface area contributed by atoms with Gasteiger partial charge in [-0.1, -0.05) is 6.42 Å². The fourth-order valence-corrected chi connectivity index (χ4v) is 4.36. The first-order valence-corrected chi connectivity index (χ1v) is 7.74. The summed E-state index contributed by atoms with van der Waals surface area (Å²) in [7, 11) is 0. The number of hydrogen-bond donors (Lipinski definition) is 2. The third kappa shape index (κ3) is 1.80. The number of carboxylic acid groups (broad SMARTS) is 1. The van der Waals surface area contributed by atoms with Crippen LogP contribution in [0.5, 0.6) is 0 Å². The molecule has 2 heterocycles. The lowest BCUT2D eigenvalue weighted by atomic mass is 9.46. The van der Waals surface area contributed by atoms with E-state index >= 15 is 0 Å². The number of hydrogen-bond acceptors (Lipinski definition) is 4. The van der Waals surface area contributed by atoms with Gasteiger partial charge in [0.25, 0.3) is 5.91 Å². The van der Waals surface area contributed by atoms with Gasteiger partial charge in [0, 0.05) is 30.2 Å². The van der Waals surface area contributed by atoms with E-state index < -0.39 is 5.97 Å². The van der Waals surface area contributed by atoms with E-state index in [4.69, 9.17) is 9.84 Å². The Morgan fingerprint density at radius 3 is 2.91 bits per heavy atom. The third-order valence-electron chi connectivity index (χ3n) is 5.56. The number of fused-ring (bicyclic) bond motifs is 2. The summed E-state index contributed by atoms with van der Waals surface area (Å²) in [6.45, 7) is 0.774. The summed E-state index contributed by atoms with van der Waals surface area (Å²) in [5.74, 6) is -0.948. The number of amides is 1. The fraction of sp³-hybridized carbons (Fsp3) is 0.562. The van der Waals surface area contributed by atoms with Crippen molar-refractivity contribution in [2.45, 2.75) is 37.8 Å². The molecule has 4 rings (SSSR count). The van der Waals surface area contributed by atoms with Crippen LogP contribution >= 0.6 is 0 Å². The number of rotatable bonds is 3. The molecular formula is C16H18N2O4. The van der Waals surface area contributed by atoms with Crippen molar-refractivity contribution >= 4 is 11.9 Å². The van der Waals surface area contributed by atoms with Crippen LogP contribution < -0.4 is 5.32 Å². The summed E-state index contributed by atoms with van der Waals surface area (Å²) < 4.78 is 5.83. The minimum absolute atomic E-state index is 0.0780. The Morgan fingerprint density at radius 2 is 2.23 bits per heavy atom. The molecule has 3 atom stereocenters. The van der Waals surface area contributed by atoms with Gasteiger partial charge in [0.05, 0.1) is 11.7 Å². The average Bonchev–Trinajstić information content (AvgIpc) is 2.88. The van der Waals surface area contributed by atoms with Crippen molar-refractivity contribution in [3.8, 4) is 0 Å². The van der Waals surface area contributed by atoms with Gasteiger partial charge in [0.1, 0.15) is 5.69 Å². The Labute approximate surface area is 127 Å². The van der Waals surface area contributed by atoms with Crippen molar-refractivity contribution in [2.24, 2.45) is 11.3 Å². The highest BCUT2D eigenvalue weighted by atomic mass is 16.5. The predicted octanol–water partition coefficient (Wildman–Crippen LogP) is 1.47. The van der Waals surface area contributed by atoms with E-state index in [2.05, 4.69) is 10.3 Å². The molecule has 0 bridgehead atoms. The molecule has 1 aromatic rings. The molecule has 22 heavy (non-hydrogen) atoms. The maximum atomic E-state index is 12.4. The maximum Gasteiger partial charge on any atom is 0.335 e. The van der Waals surface area contributed by atoms with Crippen LogP contribution in [0.25, 0.3) is 0 Å².